The Bertz CT molecular complexity index is 417. The van der Waals surface area contributed by atoms with Crippen molar-refractivity contribution in [3.8, 4) is 0 Å². The van der Waals surface area contributed by atoms with E-state index >= 15 is 0 Å². The summed E-state index contributed by atoms with van der Waals surface area (Å²) in [6.45, 7) is 0. The molecule has 0 amide bonds. The molecule has 1 aliphatic rings. The minimum atomic E-state index is 0.314. The van der Waals surface area contributed by atoms with Gasteiger partial charge >= 0.3 is 0 Å². The molecule has 2 rings (SSSR count). The third-order valence-corrected chi connectivity index (χ3v) is 5.09. The molecule has 3 N–H and O–H groups in total. The van der Waals surface area contributed by atoms with E-state index in [0.717, 1.165) is 18.8 Å². The highest BCUT2D eigenvalue weighted by Crippen LogP contribution is 2.28. The topological polar surface area (TPSA) is 38.0 Å². The largest absolute Gasteiger partial charge is 0.271 e. The van der Waals surface area contributed by atoms with Crippen LogP contribution in [-0.4, -0.2) is 6.04 Å². The van der Waals surface area contributed by atoms with Gasteiger partial charge in [0.15, 0.2) is 0 Å². The van der Waals surface area contributed by atoms with Crippen LogP contribution < -0.4 is 11.3 Å². The molecule has 1 saturated carbocycles. The Morgan fingerprint density at radius 2 is 1.90 bits per heavy atom. The van der Waals surface area contributed by atoms with Crippen molar-refractivity contribution >= 4 is 23.2 Å². The zero-order valence-electron chi connectivity index (χ0n) is 11.9. The number of rotatable bonds is 6. The molecule has 0 spiro atoms. The second-order valence-electron chi connectivity index (χ2n) is 5.90. The van der Waals surface area contributed by atoms with E-state index in [1.54, 1.807) is 0 Å². The molecule has 4 heteroatoms. The summed E-state index contributed by atoms with van der Waals surface area (Å²) in [4.78, 5) is 0. The molecular weight excluding hydrogens is 291 g/mol. The van der Waals surface area contributed by atoms with Gasteiger partial charge in [-0.1, -0.05) is 61.4 Å². The first-order chi connectivity index (χ1) is 9.69. The van der Waals surface area contributed by atoms with Crippen LogP contribution in [0.2, 0.25) is 10.0 Å². The molecule has 20 heavy (non-hydrogen) atoms. The van der Waals surface area contributed by atoms with Gasteiger partial charge in [0, 0.05) is 6.04 Å². The van der Waals surface area contributed by atoms with Crippen molar-refractivity contribution in [2.24, 2.45) is 11.8 Å². The summed E-state index contributed by atoms with van der Waals surface area (Å²) >= 11 is 12.0. The second-order valence-corrected chi connectivity index (χ2v) is 6.71. The van der Waals surface area contributed by atoms with E-state index in [2.05, 4.69) is 5.43 Å². The molecular formula is C16H24Cl2N2. The van der Waals surface area contributed by atoms with Crippen molar-refractivity contribution in [2.75, 3.05) is 0 Å². The van der Waals surface area contributed by atoms with E-state index in [-0.39, 0.29) is 0 Å². The Morgan fingerprint density at radius 1 is 1.15 bits per heavy atom. The number of hydrazine groups is 1. The van der Waals surface area contributed by atoms with Crippen LogP contribution >= 0.6 is 23.2 Å². The molecule has 0 saturated heterocycles. The Morgan fingerprint density at radius 3 is 2.55 bits per heavy atom. The predicted molar refractivity (Wildman–Crippen MR) is 87.1 cm³/mol. The van der Waals surface area contributed by atoms with Gasteiger partial charge in [0.25, 0.3) is 0 Å². The number of benzene rings is 1. The normalized spacial score (nSPS) is 18.1. The Hall–Kier alpha value is -0.280. The number of nitrogens with one attached hydrogen (secondary N) is 1. The molecule has 2 nitrogen and oxygen atoms in total. The SMILES string of the molecule is NNC(CCC1CCCCC1)Cc1ccc(Cl)c(Cl)c1. The van der Waals surface area contributed by atoms with Crippen LogP contribution in [0.15, 0.2) is 18.2 Å². The Labute approximate surface area is 132 Å². The fourth-order valence-electron chi connectivity index (χ4n) is 3.11. The van der Waals surface area contributed by atoms with Crippen LogP contribution in [0.25, 0.3) is 0 Å². The molecule has 1 aliphatic carbocycles. The quantitative estimate of drug-likeness (QED) is 0.588. The molecule has 0 aliphatic heterocycles. The minimum absolute atomic E-state index is 0.314. The van der Waals surface area contributed by atoms with Gasteiger partial charge in [0.05, 0.1) is 10.0 Å². The highest BCUT2D eigenvalue weighted by atomic mass is 35.5. The maximum absolute atomic E-state index is 6.06. The van der Waals surface area contributed by atoms with Crippen molar-refractivity contribution in [1.29, 1.82) is 0 Å². The van der Waals surface area contributed by atoms with Gasteiger partial charge in [0.2, 0.25) is 0 Å². The average Bonchev–Trinajstić information content (AvgIpc) is 2.48. The third kappa shape index (κ3) is 4.92. The zero-order valence-corrected chi connectivity index (χ0v) is 13.4. The lowest BCUT2D eigenvalue weighted by Gasteiger charge is -2.24. The van der Waals surface area contributed by atoms with Gasteiger partial charge in [0.1, 0.15) is 0 Å². The highest BCUT2D eigenvalue weighted by molar-refractivity contribution is 6.42. The van der Waals surface area contributed by atoms with Gasteiger partial charge in [-0.25, -0.2) is 0 Å². The number of hydrogen-bond acceptors (Lipinski definition) is 2. The average molecular weight is 315 g/mol. The lowest BCUT2D eigenvalue weighted by atomic mass is 9.84. The molecule has 0 bridgehead atoms. The summed E-state index contributed by atoms with van der Waals surface area (Å²) in [7, 11) is 0. The van der Waals surface area contributed by atoms with Gasteiger partial charge in [-0.3, -0.25) is 11.3 Å². The van der Waals surface area contributed by atoms with Crippen LogP contribution in [0.4, 0.5) is 0 Å². The van der Waals surface area contributed by atoms with E-state index in [9.17, 15) is 0 Å². The molecule has 112 valence electrons. The molecule has 1 aromatic rings. The van der Waals surface area contributed by atoms with Crippen LogP contribution in [-0.2, 0) is 6.42 Å². The summed E-state index contributed by atoms with van der Waals surface area (Å²) in [6, 6.07) is 6.14. The summed E-state index contributed by atoms with van der Waals surface area (Å²) < 4.78 is 0. The molecule has 1 aromatic carbocycles. The van der Waals surface area contributed by atoms with Gasteiger partial charge < -0.3 is 0 Å². The van der Waals surface area contributed by atoms with Crippen LogP contribution in [0.1, 0.15) is 50.5 Å². The number of nitrogens with two attached hydrogens (primary N) is 1. The summed E-state index contributed by atoms with van der Waals surface area (Å²) in [5.74, 6) is 6.59. The van der Waals surface area contributed by atoms with Gasteiger partial charge in [-0.05, 0) is 42.9 Å². The summed E-state index contributed by atoms with van der Waals surface area (Å²) in [5.41, 5.74) is 4.13. The van der Waals surface area contributed by atoms with Crippen molar-refractivity contribution in [3.63, 3.8) is 0 Å². The summed E-state index contributed by atoms with van der Waals surface area (Å²) in [6.07, 6.45) is 10.3. The smallest absolute Gasteiger partial charge is 0.0595 e. The fourth-order valence-corrected chi connectivity index (χ4v) is 3.43. The van der Waals surface area contributed by atoms with Crippen LogP contribution in [0.3, 0.4) is 0 Å². The van der Waals surface area contributed by atoms with Crippen LogP contribution in [0.5, 0.6) is 0 Å². The molecule has 1 unspecified atom stereocenters. The standard InChI is InChI=1S/C16H24Cl2N2/c17-15-9-7-13(11-16(15)18)10-14(20-19)8-6-12-4-2-1-3-5-12/h7,9,11-12,14,20H,1-6,8,10,19H2. The monoisotopic (exact) mass is 314 g/mol. The van der Waals surface area contributed by atoms with Crippen LogP contribution in [0, 0.1) is 5.92 Å². The minimum Gasteiger partial charge on any atom is -0.271 e. The summed E-state index contributed by atoms with van der Waals surface area (Å²) in [5, 5.41) is 1.22. The first-order valence-electron chi connectivity index (χ1n) is 7.59. The van der Waals surface area contributed by atoms with E-state index < -0.39 is 0 Å². The Balaban J connectivity index is 1.83. The highest BCUT2D eigenvalue weighted by Gasteiger charge is 2.16. The first-order valence-corrected chi connectivity index (χ1v) is 8.34. The second kappa shape index (κ2) is 8.23. The van der Waals surface area contributed by atoms with E-state index in [4.69, 9.17) is 29.0 Å². The molecule has 1 fully saturated rings. The van der Waals surface area contributed by atoms with E-state index in [0.29, 0.717) is 16.1 Å². The van der Waals surface area contributed by atoms with Gasteiger partial charge in [-0.15, -0.1) is 0 Å². The van der Waals surface area contributed by atoms with E-state index in [1.165, 1.54) is 44.1 Å². The first kappa shape index (κ1) is 16.1. The zero-order chi connectivity index (χ0) is 14.4. The fraction of sp³-hybridized carbons (Fsp3) is 0.625. The van der Waals surface area contributed by atoms with Gasteiger partial charge in [-0.2, -0.15) is 0 Å². The molecule has 0 radical (unpaired) electrons. The Kier molecular flexibility index (Phi) is 6.63. The lowest BCUT2D eigenvalue weighted by Crippen LogP contribution is -2.37. The van der Waals surface area contributed by atoms with Crippen molar-refractivity contribution in [1.82, 2.24) is 5.43 Å². The van der Waals surface area contributed by atoms with Crippen molar-refractivity contribution in [3.05, 3.63) is 33.8 Å². The van der Waals surface area contributed by atoms with Crippen molar-refractivity contribution in [2.45, 2.75) is 57.4 Å². The molecule has 0 heterocycles. The lowest BCUT2D eigenvalue weighted by molar-refractivity contribution is 0.313. The van der Waals surface area contributed by atoms with Crippen molar-refractivity contribution < 1.29 is 0 Å². The molecule has 0 aromatic heterocycles. The number of hydrogen-bond donors (Lipinski definition) is 2. The third-order valence-electron chi connectivity index (χ3n) is 4.35. The maximum Gasteiger partial charge on any atom is 0.0595 e. The van der Waals surface area contributed by atoms with E-state index in [1.807, 2.05) is 18.2 Å². The predicted octanol–water partition coefficient (Wildman–Crippen LogP) is 4.73. The molecule has 1 atom stereocenters. The number of halogens is 2. The maximum atomic E-state index is 6.06.